The number of nitrogens with zero attached hydrogens (tertiary/aromatic N) is 1. The first-order valence-corrected chi connectivity index (χ1v) is 8.77. The number of aryl methyl sites for hydroxylation is 1. The van der Waals surface area contributed by atoms with Gasteiger partial charge in [0.1, 0.15) is 5.75 Å². The van der Waals surface area contributed by atoms with Crippen LogP contribution in [0.25, 0.3) is 11.1 Å². The number of carbonyl (C=O) groups is 1. The topological polar surface area (TPSA) is 168 Å². The van der Waals surface area contributed by atoms with Gasteiger partial charge in [-0.25, -0.2) is 4.79 Å². The highest BCUT2D eigenvalue weighted by Crippen LogP contribution is 2.30. The lowest BCUT2D eigenvalue weighted by Crippen LogP contribution is -2.50. The number of aliphatic carboxylic acids is 1. The summed E-state index contributed by atoms with van der Waals surface area (Å²) in [7, 11) is 0. The molecule has 0 bridgehead atoms. The Balaban J connectivity index is 0.000000416. The second-order valence-electron chi connectivity index (χ2n) is 6.42. The summed E-state index contributed by atoms with van der Waals surface area (Å²) in [6.07, 6.45) is -0.234. The molecule has 10 nitrogen and oxygen atoms in total. The average Bonchev–Trinajstić information content (AvgIpc) is 2.94. The van der Waals surface area contributed by atoms with E-state index in [0.717, 1.165) is 0 Å². The predicted molar refractivity (Wildman–Crippen MR) is 102 cm³/mol. The maximum atomic E-state index is 11.7. The number of rotatable bonds is 8. The van der Waals surface area contributed by atoms with Gasteiger partial charge in [0.15, 0.2) is 5.58 Å². The fraction of sp³-hybridized carbons (Fsp3) is 0.529. The van der Waals surface area contributed by atoms with Gasteiger partial charge in [-0.15, -0.1) is 0 Å². The van der Waals surface area contributed by atoms with Crippen molar-refractivity contribution >= 4 is 28.7 Å². The molecule has 0 unspecified atom stereocenters. The van der Waals surface area contributed by atoms with Crippen molar-refractivity contribution in [3.8, 4) is 5.75 Å². The van der Waals surface area contributed by atoms with Gasteiger partial charge in [0, 0.05) is 12.6 Å². The molecular weight excluding hydrogens is 396 g/mol. The van der Waals surface area contributed by atoms with Crippen molar-refractivity contribution in [1.29, 1.82) is 0 Å². The number of aliphatic hydroxyl groups is 3. The highest BCUT2D eigenvalue weighted by molar-refractivity contribution is 6.32. The highest BCUT2D eigenvalue weighted by Gasteiger charge is 2.20. The van der Waals surface area contributed by atoms with Crippen molar-refractivity contribution < 1.29 is 34.4 Å². The minimum atomic E-state index is -1.21. The maximum absolute atomic E-state index is 11.7. The summed E-state index contributed by atoms with van der Waals surface area (Å²) in [5, 5.41) is 34.0. The number of aromatic nitrogens is 1. The molecule has 0 aliphatic heterocycles. The number of carboxylic acids is 1. The molecule has 158 valence electrons. The largest absolute Gasteiger partial charge is 0.489 e. The van der Waals surface area contributed by atoms with Gasteiger partial charge >= 0.3 is 11.7 Å². The van der Waals surface area contributed by atoms with Crippen LogP contribution < -0.4 is 16.2 Å². The summed E-state index contributed by atoms with van der Waals surface area (Å²) in [6, 6.07) is 3.08. The molecule has 0 saturated carbocycles. The molecule has 1 aromatic carbocycles. The number of hydrogen-bond acceptors (Lipinski definition) is 8. The van der Waals surface area contributed by atoms with Crippen molar-refractivity contribution in [2.45, 2.75) is 38.5 Å². The molecule has 0 saturated heterocycles. The van der Waals surface area contributed by atoms with Crippen molar-refractivity contribution in [3.05, 3.63) is 27.7 Å². The Kier molecular flexibility index (Phi) is 8.92. The molecule has 28 heavy (non-hydrogen) atoms. The van der Waals surface area contributed by atoms with Crippen molar-refractivity contribution in [3.63, 3.8) is 0 Å². The third kappa shape index (κ3) is 6.50. The maximum Gasteiger partial charge on any atom is 0.419 e. The van der Waals surface area contributed by atoms with Gasteiger partial charge in [-0.05, 0) is 19.9 Å². The lowest BCUT2D eigenvalue weighted by molar-refractivity contribution is -0.137. The Morgan fingerprint density at radius 3 is 2.29 bits per heavy atom. The van der Waals surface area contributed by atoms with Crippen molar-refractivity contribution in [2.24, 2.45) is 5.73 Å². The zero-order chi connectivity index (χ0) is 21.5. The van der Waals surface area contributed by atoms with Crippen LogP contribution in [0.3, 0.4) is 0 Å². The number of hydrogen-bond donors (Lipinski definition) is 5. The zero-order valence-electron chi connectivity index (χ0n) is 15.6. The third-order valence-electron chi connectivity index (χ3n) is 3.58. The number of carboxylic acid groups (broad SMARTS) is 1. The van der Waals surface area contributed by atoms with Gasteiger partial charge < -0.3 is 35.3 Å². The standard InChI is InChI=1S/C13H14ClNO5.C4H11NO3/c1-7(2)19-10-6-11-9(5-8(10)14)15(13(18)20-11)4-3-12(16)17;5-4(1-6,2-7)3-8/h5-7H,3-4H2,1-2H3,(H,16,17);6-8H,1-3,5H2. The molecular formula is C17H25ClN2O8. The summed E-state index contributed by atoms with van der Waals surface area (Å²) in [5.41, 5.74) is 4.71. The van der Waals surface area contributed by atoms with Crippen LogP contribution in [0.2, 0.25) is 5.02 Å². The van der Waals surface area contributed by atoms with E-state index in [-0.39, 0.29) is 19.1 Å². The monoisotopic (exact) mass is 420 g/mol. The van der Waals surface area contributed by atoms with E-state index in [1.54, 1.807) is 6.07 Å². The first kappa shape index (κ1) is 23.9. The van der Waals surface area contributed by atoms with Crippen molar-refractivity contribution in [1.82, 2.24) is 4.57 Å². The molecule has 0 spiro atoms. The van der Waals surface area contributed by atoms with Gasteiger partial charge in [-0.3, -0.25) is 9.36 Å². The number of fused-ring (bicyclic) bond motifs is 1. The molecule has 0 fully saturated rings. The number of nitrogens with two attached hydrogens (primary N) is 1. The van der Waals surface area contributed by atoms with Gasteiger partial charge in [0.05, 0.1) is 48.4 Å². The van der Waals surface area contributed by atoms with E-state index in [0.29, 0.717) is 21.9 Å². The van der Waals surface area contributed by atoms with Gasteiger partial charge in [-0.2, -0.15) is 0 Å². The van der Waals surface area contributed by atoms with Crippen LogP contribution in [0, 0.1) is 0 Å². The van der Waals surface area contributed by atoms with Crippen LogP contribution in [0.15, 0.2) is 21.3 Å². The highest BCUT2D eigenvalue weighted by atomic mass is 35.5. The lowest BCUT2D eigenvalue weighted by atomic mass is 10.1. The summed E-state index contributed by atoms with van der Waals surface area (Å²) >= 11 is 6.09. The predicted octanol–water partition coefficient (Wildman–Crippen LogP) is 0.171. The fourth-order valence-corrected chi connectivity index (χ4v) is 2.18. The molecule has 0 aliphatic rings. The Bertz CT molecular complexity index is 833. The number of halogens is 1. The molecule has 11 heteroatoms. The second-order valence-corrected chi connectivity index (χ2v) is 6.82. The Hall–Kier alpha value is -2.11. The third-order valence-corrected chi connectivity index (χ3v) is 3.87. The van der Waals surface area contributed by atoms with Gasteiger partial charge in [-0.1, -0.05) is 11.6 Å². The molecule has 0 aliphatic carbocycles. The average molecular weight is 421 g/mol. The Morgan fingerprint density at radius 2 is 1.86 bits per heavy atom. The number of aliphatic hydroxyl groups excluding tert-OH is 3. The fourth-order valence-electron chi connectivity index (χ4n) is 1.98. The van der Waals surface area contributed by atoms with E-state index in [2.05, 4.69) is 0 Å². The van der Waals surface area contributed by atoms with Crippen LogP contribution in [0.5, 0.6) is 5.75 Å². The first-order valence-electron chi connectivity index (χ1n) is 8.39. The van der Waals surface area contributed by atoms with Crippen LogP contribution >= 0.6 is 11.6 Å². The van der Waals surface area contributed by atoms with E-state index in [9.17, 15) is 9.59 Å². The molecule has 0 radical (unpaired) electrons. The van der Waals surface area contributed by atoms with Gasteiger partial charge in [0.25, 0.3) is 0 Å². The molecule has 1 heterocycles. The van der Waals surface area contributed by atoms with E-state index < -0.39 is 37.1 Å². The number of benzene rings is 1. The SMILES string of the molecule is CC(C)Oc1cc2oc(=O)n(CCC(=O)O)c2cc1Cl.NC(CO)(CO)CO. The number of oxazole rings is 1. The smallest absolute Gasteiger partial charge is 0.419 e. The molecule has 0 amide bonds. The van der Waals surface area contributed by atoms with E-state index in [1.807, 2.05) is 13.8 Å². The molecule has 0 atom stereocenters. The van der Waals surface area contributed by atoms with Gasteiger partial charge in [0.2, 0.25) is 0 Å². The Morgan fingerprint density at radius 1 is 1.29 bits per heavy atom. The summed E-state index contributed by atoms with van der Waals surface area (Å²) in [4.78, 5) is 22.3. The summed E-state index contributed by atoms with van der Waals surface area (Å²) < 4.78 is 11.8. The zero-order valence-corrected chi connectivity index (χ0v) is 16.3. The summed E-state index contributed by atoms with van der Waals surface area (Å²) in [5.74, 6) is -1.18. The minimum Gasteiger partial charge on any atom is -0.489 e. The van der Waals surface area contributed by atoms with Crippen LogP contribution in [0.4, 0.5) is 0 Å². The Labute approximate surface area is 165 Å². The van der Waals surface area contributed by atoms with Crippen LogP contribution in [-0.2, 0) is 11.3 Å². The second kappa shape index (κ2) is 10.4. The summed E-state index contributed by atoms with van der Waals surface area (Å²) in [6.45, 7) is 2.53. The van der Waals surface area contributed by atoms with E-state index in [4.69, 9.17) is 46.9 Å². The molecule has 2 rings (SSSR count). The van der Waals surface area contributed by atoms with Crippen molar-refractivity contribution in [2.75, 3.05) is 19.8 Å². The molecule has 1 aromatic heterocycles. The molecule has 6 N–H and O–H groups in total. The van der Waals surface area contributed by atoms with E-state index >= 15 is 0 Å². The minimum absolute atomic E-state index is 0.0296. The first-order chi connectivity index (χ1) is 13.1. The quantitative estimate of drug-likeness (QED) is 0.399. The molecule has 2 aromatic rings. The lowest BCUT2D eigenvalue weighted by Gasteiger charge is -2.20. The number of ether oxygens (including phenoxy) is 1. The van der Waals surface area contributed by atoms with Crippen LogP contribution in [0.1, 0.15) is 20.3 Å². The normalized spacial score (nSPS) is 11.4. The van der Waals surface area contributed by atoms with Crippen LogP contribution in [-0.4, -0.2) is 62.4 Å². The van der Waals surface area contributed by atoms with E-state index in [1.165, 1.54) is 10.6 Å².